The van der Waals surface area contributed by atoms with Crippen LogP contribution >= 0.6 is 0 Å². The first kappa shape index (κ1) is 14.0. The van der Waals surface area contributed by atoms with Crippen molar-refractivity contribution in [3.8, 4) is 0 Å². The minimum Gasteiger partial charge on any atom is -0.393 e. The van der Waals surface area contributed by atoms with Crippen LogP contribution in [0, 0.1) is 12.8 Å². The molecule has 0 aromatic carbocycles. The van der Waals surface area contributed by atoms with Gasteiger partial charge in [0.1, 0.15) is 6.23 Å². The maximum atomic E-state index is 11.8. The van der Waals surface area contributed by atoms with Crippen molar-refractivity contribution in [3.05, 3.63) is 32.6 Å². The van der Waals surface area contributed by atoms with Crippen LogP contribution in [-0.2, 0) is 4.74 Å². The van der Waals surface area contributed by atoms with Gasteiger partial charge in [-0.1, -0.05) is 13.8 Å². The summed E-state index contributed by atoms with van der Waals surface area (Å²) in [5, 5.41) is 9.55. The van der Waals surface area contributed by atoms with E-state index in [1.54, 1.807) is 6.92 Å². The van der Waals surface area contributed by atoms with Crippen LogP contribution in [0.3, 0.4) is 0 Å². The molecule has 0 unspecified atom stereocenters. The van der Waals surface area contributed by atoms with E-state index in [0.29, 0.717) is 18.4 Å². The van der Waals surface area contributed by atoms with E-state index in [1.807, 2.05) is 13.8 Å². The number of hydrogen-bond donors (Lipinski definition) is 2. The molecule has 0 saturated carbocycles. The zero-order valence-electron chi connectivity index (χ0n) is 11.5. The van der Waals surface area contributed by atoms with Gasteiger partial charge in [0, 0.05) is 11.8 Å². The quantitative estimate of drug-likeness (QED) is 0.838. The molecule has 1 aliphatic heterocycles. The molecular weight excluding hydrogens is 248 g/mol. The number of aliphatic hydroxyl groups is 1. The van der Waals surface area contributed by atoms with E-state index in [1.165, 1.54) is 10.8 Å². The summed E-state index contributed by atoms with van der Waals surface area (Å²) >= 11 is 0. The Kier molecular flexibility index (Phi) is 3.64. The Morgan fingerprint density at radius 2 is 2.26 bits per heavy atom. The van der Waals surface area contributed by atoms with E-state index < -0.39 is 17.5 Å². The van der Waals surface area contributed by atoms with Crippen LogP contribution in [0.15, 0.2) is 15.8 Å². The van der Waals surface area contributed by atoms with Gasteiger partial charge in [-0.2, -0.15) is 0 Å². The molecule has 2 heterocycles. The number of aliphatic hydroxyl groups excluding tert-OH is 1. The summed E-state index contributed by atoms with van der Waals surface area (Å²) in [5.74, 6) is 0.145. The van der Waals surface area contributed by atoms with Crippen LogP contribution in [0.4, 0.5) is 0 Å². The fraction of sp³-hybridized carbons (Fsp3) is 0.692. The van der Waals surface area contributed by atoms with E-state index in [9.17, 15) is 14.7 Å². The van der Waals surface area contributed by atoms with Gasteiger partial charge < -0.3 is 9.84 Å². The number of hydrogen-bond acceptors (Lipinski definition) is 4. The highest BCUT2D eigenvalue weighted by Gasteiger charge is 2.45. The van der Waals surface area contributed by atoms with Crippen molar-refractivity contribution in [1.29, 1.82) is 0 Å². The molecule has 2 rings (SSSR count). The standard InChI is InChI=1S/C13H20N2O4/c1-4-13(7-16)9(3)5-10(19-13)15-6-8(2)11(17)14-12(15)18/h6,9-10,16H,4-5,7H2,1-3H3,(H,14,17,18)/t9-,10-,13-/m1/s1. The summed E-state index contributed by atoms with van der Waals surface area (Å²) in [6, 6.07) is 0. The second-order valence-electron chi connectivity index (χ2n) is 5.26. The average Bonchev–Trinajstić information content (AvgIpc) is 2.71. The van der Waals surface area contributed by atoms with Gasteiger partial charge in [-0.3, -0.25) is 14.3 Å². The fourth-order valence-electron chi connectivity index (χ4n) is 2.66. The van der Waals surface area contributed by atoms with Crippen LogP contribution in [0.5, 0.6) is 0 Å². The molecule has 6 nitrogen and oxygen atoms in total. The van der Waals surface area contributed by atoms with Crippen molar-refractivity contribution >= 4 is 0 Å². The van der Waals surface area contributed by atoms with E-state index in [2.05, 4.69) is 4.98 Å². The maximum Gasteiger partial charge on any atom is 0.330 e. The van der Waals surface area contributed by atoms with Gasteiger partial charge in [0.25, 0.3) is 5.56 Å². The Morgan fingerprint density at radius 1 is 1.58 bits per heavy atom. The predicted octanol–water partition coefficient (Wildman–Crippen LogP) is 0.541. The van der Waals surface area contributed by atoms with E-state index in [0.717, 1.165) is 0 Å². The molecule has 1 aromatic heterocycles. The predicted molar refractivity (Wildman–Crippen MR) is 70.1 cm³/mol. The first-order chi connectivity index (χ1) is 8.93. The highest BCUT2D eigenvalue weighted by Crippen LogP contribution is 2.42. The number of H-pyrrole nitrogens is 1. The number of aryl methyl sites for hydroxylation is 1. The molecule has 1 saturated heterocycles. The van der Waals surface area contributed by atoms with Crippen molar-refractivity contribution in [2.45, 2.75) is 45.4 Å². The Labute approximate surface area is 111 Å². The number of rotatable bonds is 3. The molecule has 0 radical (unpaired) electrons. The van der Waals surface area contributed by atoms with Gasteiger partial charge in [0.15, 0.2) is 0 Å². The zero-order chi connectivity index (χ0) is 14.2. The van der Waals surface area contributed by atoms with Crippen LogP contribution in [-0.4, -0.2) is 26.9 Å². The molecule has 0 spiro atoms. The lowest BCUT2D eigenvalue weighted by Gasteiger charge is -2.29. The van der Waals surface area contributed by atoms with Gasteiger partial charge in [-0.25, -0.2) is 4.79 Å². The van der Waals surface area contributed by atoms with Gasteiger partial charge in [0.2, 0.25) is 0 Å². The maximum absolute atomic E-state index is 11.8. The Bertz CT molecular complexity index is 571. The minimum absolute atomic E-state index is 0.0712. The third kappa shape index (κ3) is 2.26. The molecule has 19 heavy (non-hydrogen) atoms. The largest absolute Gasteiger partial charge is 0.393 e. The number of nitrogens with zero attached hydrogens (tertiary/aromatic N) is 1. The van der Waals surface area contributed by atoms with Crippen molar-refractivity contribution in [2.24, 2.45) is 5.92 Å². The van der Waals surface area contributed by atoms with Gasteiger partial charge >= 0.3 is 5.69 Å². The molecule has 1 aromatic rings. The highest BCUT2D eigenvalue weighted by atomic mass is 16.5. The Morgan fingerprint density at radius 3 is 2.79 bits per heavy atom. The Balaban J connectivity index is 2.38. The second kappa shape index (κ2) is 4.94. The second-order valence-corrected chi connectivity index (χ2v) is 5.26. The molecule has 1 aliphatic rings. The summed E-state index contributed by atoms with van der Waals surface area (Å²) in [5.41, 5.74) is -0.989. The molecule has 0 aliphatic carbocycles. The first-order valence-corrected chi connectivity index (χ1v) is 6.54. The van der Waals surface area contributed by atoms with Crippen molar-refractivity contribution < 1.29 is 9.84 Å². The van der Waals surface area contributed by atoms with E-state index in [4.69, 9.17) is 4.74 Å². The van der Waals surface area contributed by atoms with Gasteiger partial charge in [-0.15, -0.1) is 0 Å². The topological polar surface area (TPSA) is 84.3 Å². The monoisotopic (exact) mass is 268 g/mol. The molecule has 6 heteroatoms. The van der Waals surface area contributed by atoms with Crippen LogP contribution in [0.25, 0.3) is 0 Å². The van der Waals surface area contributed by atoms with Gasteiger partial charge in [-0.05, 0) is 25.7 Å². The normalized spacial score (nSPS) is 30.7. The van der Waals surface area contributed by atoms with Crippen LogP contribution in [0.2, 0.25) is 0 Å². The summed E-state index contributed by atoms with van der Waals surface area (Å²) in [4.78, 5) is 25.5. The minimum atomic E-state index is -0.603. The molecule has 0 bridgehead atoms. The van der Waals surface area contributed by atoms with Crippen molar-refractivity contribution in [1.82, 2.24) is 9.55 Å². The molecular formula is C13H20N2O4. The molecule has 2 N–H and O–H groups in total. The van der Waals surface area contributed by atoms with Crippen molar-refractivity contribution in [3.63, 3.8) is 0 Å². The smallest absolute Gasteiger partial charge is 0.330 e. The third-order valence-corrected chi connectivity index (χ3v) is 4.15. The molecule has 106 valence electrons. The van der Waals surface area contributed by atoms with E-state index in [-0.39, 0.29) is 18.1 Å². The van der Waals surface area contributed by atoms with E-state index >= 15 is 0 Å². The highest BCUT2D eigenvalue weighted by molar-refractivity contribution is 5.02. The lowest BCUT2D eigenvalue weighted by atomic mass is 9.87. The number of aromatic amines is 1. The number of ether oxygens (including phenoxy) is 1. The molecule has 1 fully saturated rings. The lowest BCUT2D eigenvalue weighted by molar-refractivity contribution is -0.113. The van der Waals surface area contributed by atoms with Gasteiger partial charge in [0.05, 0.1) is 12.2 Å². The lowest BCUT2D eigenvalue weighted by Crippen LogP contribution is -2.39. The average molecular weight is 268 g/mol. The molecule has 0 amide bonds. The zero-order valence-corrected chi connectivity index (χ0v) is 11.5. The van der Waals surface area contributed by atoms with Crippen LogP contribution in [0.1, 0.15) is 38.5 Å². The Hall–Kier alpha value is -1.40. The SMILES string of the molecule is CC[C@]1(CO)O[C@@H](n2cc(C)c(=O)[nH]c2=O)C[C@H]1C. The van der Waals surface area contributed by atoms with Crippen molar-refractivity contribution in [2.75, 3.05) is 6.61 Å². The van der Waals surface area contributed by atoms with Crippen LogP contribution < -0.4 is 11.2 Å². The summed E-state index contributed by atoms with van der Waals surface area (Å²) in [7, 11) is 0. The summed E-state index contributed by atoms with van der Waals surface area (Å²) in [6.45, 7) is 5.53. The first-order valence-electron chi connectivity index (χ1n) is 6.54. The number of nitrogens with one attached hydrogen (secondary N) is 1. The summed E-state index contributed by atoms with van der Waals surface area (Å²) < 4.78 is 7.32. The fourth-order valence-corrected chi connectivity index (χ4v) is 2.66. The summed E-state index contributed by atoms with van der Waals surface area (Å²) in [6.07, 6.45) is 2.39. The molecule has 3 atom stereocenters. The third-order valence-electron chi connectivity index (χ3n) is 4.15. The number of aromatic nitrogens is 2.